The molecule has 0 aliphatic carbocycles. The topological polar surface area (TPSA) is 38.4 Å². The fourth-order valence-corrected chi connectivity index (χ4v) is 1.63. The molecule has 0 spiro atoms. The van der Waals surface area contributed by atoms with E-state index in [0.717, 1.165) is 18.8 Å². The lowest BCUT2D eigenvalue weighted by Gasteiger charge is -2.02. The Labute approximate surface area is 83.5 Å². The Morgan fingerprint density at radius 1 is 1.62 bits per heavy atom. The summed E-state index contributed by atoms with van der Waals surface area (Å²) in [5.74, 6) is 1.12. The van der Waals surface area contributed by atoms with Gasteiger partial charge in [-0.1, -0.05) is 13.8 Å². The van der Waals surface area contributed by atoms with E-state index in [1.807, 2.05) is 0 Å². The van der Waals surface area contributed by atoms with E-state index in [4.69, 9.17) is 5.73 Å². The van der Waals surface area contributed by atoms with Crippen molar-refractivity contribution >= 4 is 17.2 Å². The highest BCUT2D eigenvalue weighted by atomic mass is 32.1. The highest BCUT2D eigenvalue weighted by Gasteiger charge is 1.97. The molecule has 0 saturated heterocycles. The average Bonchev–Trinajstić information content (AvgIpc) is 2.56. The van der Waals surface area contributed by atoms with E-state index < -0.39 is 0 Å². The van der Waals surface area contributed by atoms with Gasteiger partial charge in [-0.05, 0) is 28.8 Å². The van der Waals surface area contributed by atoms with Crippen molar-refractivity contribution in [1.29, 1.82) is 0 Å². The van der Waals surface area contributed by atoms with Crippen molar-refractivity contribution < 1.29 is 0 Å². The Balaban J connectivity index is 2.32. The van der Waals surface area contributed by atoms with Crippen LogP contribution in [0.1, 0.15) is 19.4 Å². The molecule has 1 heterocycles. The first-order chi connectivity index (χ1) is 6.20. The summed E-state index contributed by atoms with van der Waals surface area (Å²) in [6.07, 6.45) is 0.997. The monoisotopic (exact) mass is 196 g/mol. The molecule has 0 amide bonds. The van der Waals surface area contributed by atoms with Gasteiger partial charge in [0.05, 0.1) is 5.84 Å². The van der Waals surface area contributed by atoms with Crippen LogP contribution >= 0.6 is 11.3 Å². The molecule has 1 rings (SSSR count). The minimum absolute atomic E-state index is 0.363. The number of rotatable bonds is 4. The molecule has 0 bridgehead atoms. The van der Waals surface area contributed by atoms with E-state index in [9.17, 15) is 0 Å². The molecule has 0 radical (unpaired) electrons. The maximum absolute atomic E-state index is 5.71. The van der Waals surface area contributed by atoms with Crippen LogP contribution in [-0.4, -0.2) is 12.4 Å². The third kappa shape index (κ3) is 3.59. The van der Waals surface area contributed by atoms with Crippen molar-refractivity contribution in [3.63, 3.8) is 0 Å². The first-order valence-electron chi connectivity index (χ1n) is 4.51. The molecule has 0 saturated carbocycles. The quantitative estimate of drug-likeness (QED) is 0.582. The summed E-state index contributed by atoms with van der Waals surface area (Å²) in [6.45, 7) is 4.92. The van der Waals surface area contributed by atoms with Gasteiger partial charge in [0.25, 0.3) is 0 Å². The number of nitrogens with zero attached hydrogens (tertiary/aromatic N) is 1. The molecule has 0 atom stereocenters. The van der Waals surface area contributed by atoms with Gasteiger partial charge in [-0.2, -0.15) is 11.3 Å². The number of hydrogen-bond donors (Lipinski definition) is 1. The zero-order chi connectivity index (χ0) is 9.68. The van der Waals surface area contributed by atoms with Crippen molar-refractivity contribution in [2.45, 2.75) is 20.3 Å². The van der Waals surface area contributed by atoms with Gasteiger partial charge in [0, 0.05) is 12.5 Å². The highest BCUT2D eigenvalue weighted by molar-refractivity contribution is 7.07. The SMILES string of the molecule is CC(C)C(N)=NCCc1ccsc1. The van der Waals surface area contributed by atoms with Crippen LogP contribution < -0.4 is 5.73 Å². The van der Waals surface area contributed by atoms with Crippen LogP contribution in [0.3, 0.4) is 0 Å². The fraction of sp³-hybridized carbons (Fsp3) is 0.500. The van der Waals surface area contributed by atoms with E-state index in [2.05, 4.69) is 35.7 Å². The predicted octanol–water partition coefficient (Wildman–Crippen LogP) is 2.30. The van der Waals surface area contributed by atoms with Gasteiger partial charge in [0.1, 0.15) is 0 Å². The van der Waals surface area contributed by atoms with Crippen molar-refractivity contribution in [2.75, 3.05) is 6.54 Å². The zero-order valence-electron chi connectivity index (χ0n) is 8.16. The summed E-state index contributed by atoms with van der Waals surface area (Å²) in [4.78, 5) is 4.30. The molecule has 1 aromatic rings. The molecular weight excluding hydrogens is 180 g/mol. The van der Waals surface area contributed by atoms with Gasteiger partial charge in [0.15, 0.2) is 0 Å². The summed E-state index contributed by atoms with van der Waals surface area (Å²) in [5, 5.41) is 4.24. The summed E-state index contributed by atoms with van der Waals surface area (Å²) in [6, 6.07) is 2.13. The second kappa shape index (κ2) is 5.02. The van der Waals surface area contributed by atoms with Crippen molar-refractivity contribution in [3.05, 3.63) is 22.4 Å². The zero-order valence-corrected chi connectivity index (χ0v) is 8.97. The van der Waals surface area contributed by atoms with Crippen LogP contribution in [0.5, 0.6) is 0 Å². The molecule has 1 aromatic heterocycles. The van der Waals surface area contributed by atoms with E-state index in [-0.39, 0.29) is 0 Å². The Morgan fingerprint density at radius 2 is 2.38 bits per heavy atom. The third-order valence-corrected chi connectivity index (χ3v) is 2.60. The van der Waals surface area contributed by atoms with E-state index in [1.165, 1.54) is 5.56 Å². The van der Waals surface area contributed by atoms with Crippen LogP contribution in [0.25, 0.3) is 0 Å². The molecule has 0 aliphatic heterocycles. The summed E-state index contributed by atoms with van der Waals surface area (Å²) in [5.41, 5.74) is 7.06. The first-order valence-corrected chi connectivity index (χ1v) is 5.45. The smallest absolute Gasteiger partial charge is 0.0962 e. The minimum atomic E-state index is 0.363. The summed E-state index contributed by atoms with van der Waals surface area (Å²) < 4.78 is 0. The molecule has 0 fully saturated rings. The van der Waals surface area contributed by atoms with Crippen LogP contribution in [0.2, 0.25) is 0 Å². The highest BCUT2D eigenvalue weighted by Crippen LogP contribution is 2.06. The largest absolute Gasteiger partial charge is 0.387 e. The van der Waals surface area contributed by atoms with Crippen molar-refractivity contribution in [2.24, 2.45) is 16.6 Å². The molecule has 0 aliphatic rings. The van der Waals surface area contributed by atoms with Gasteiger partial charge < -0.3 is 5.73 Å². The lowest BCUT2D eigenvalue weighted by atomic mass is 10.2. The molecule has 3 heteroatoms. The van der Waals surface area contributed by atoms with Crippen molar-refractivity contribution in [3.8, 4) is 0 Å². The van der Waals surface area contributed by atoms with E-state index in [1.54, 1.807) is 11.3 Å². The number of aliphatic imine (C=N–C) groups is 1. The number of hydrogen-bond acceptors (Lipinski definition) is 2. The van der Waals surface area contributed by atoms with Crippen LogP contribution in [0, 0.1) is 5.92 Å². The molecule has 13 heavy (non-hydrogen) atoms. The first kappa shape index (κ1) is 10.3. The van der Waals surface area contributed by atoms with Gasteiger partial charge in [-0.3, -0.25) is 4.99 Å². The van der Waals surface area contributed by atoms with Gasteiger partial charge in [0.2, 0.25) is 0 Å². The van der Waals surface area contributed by atoms with Gasteiger partial charge in [-0.25, -0.2) is 0 Å². The van der Waals surface area contributed by atoms with Crippen molar-refractivity contribution in [1.82, 2.24) is 0 Å². The molecule has 2 N–H and O–H groups in total. The van der Waals surface area contributed by atoms with Gasteiger partial charge in [-0.15, -0.1) is 0 Å². The Kier molecular flexibility index (Phi) is 3.96. The minimum Gasteiger partial charge on any atom is -0.387 e. The number of amidine groups is 1. The molecule has 0 aromatic carbocycles. The predicted molar refractivity (Wildman–Crippen MR) is 59.4 cm³/mol. The van der Waals surface area contributed by atoms with Crippen LogP contribution in [0.15, 0.2) is 21.8 Å². The normalized spacial score (nSPS) is 12.4. The van der Waals surface area contributed by atoms with Gasteiger partial charge >= 0.3 is 0 Å². The van der Waals surface area contributed by atoms with E-state index in [0.29, 0.717) is 5.92 Å². The molecular formula is C10H16N2S. The van der Waals surface area contributed by atoms with E-state index >= 15 is 0 Å². The molecule has 0 unspecified atom stereocenters. The number of nitrogens with two attached hydrogens (primary N) is 1. The number of thiophene rings is 1. The lowest BCUT2D eigenvalue weighted by Crippen LogP contribution is -2.19. The maximum atomic E-state index is 5.71. The summed E-state index contributed by atoms with van der Waals surface area (Å²) >= 11 is 1.73. The Bertz CT molecular complexity index is 262. The molecule has 2 nitrogen and oxygen atoms in total. The third-order valence-electron chi connectivity index (χ3n) is 1.87. The second-order valence-corrected chi connectivity index (χ2v) is 4.12. The van der Waals surface area contributed by atoms with Crippen LogP contribution in [-0.2, 0) is 6.42 Å². The summed E-state index contributed by atoms with van der Waals surface area (Å²) in [7, 11) is 0. The average molecular weight is 196 g/mol. The lowest BCUT2D eigenvalue weighted by molar-refractivity contribution is 0.848. The Morgan fingerprint density at radius 3 is 2.92 bits per heavy atom. The Hall–Kier alpha value is -0.830. The second-order valence-electron chi connectivity index (χ2n) is 3.34. The fourth-order valence-electron chi connectivity index (χ4n) is 0.932. The van der Waals surface area contributed by atoms with Crippen LogP contribution in [0.4, 0.5) is 0 Å². The molecule has 72 valence electrons. The maximum Gasteiger partial charge on any atom is 0.0962 e. The standard InChI is InChI=1S/C10H16N2S/c1-8(2)10(11)12-5-3-9-4-6-13-7-9/h4,6-8H,3,5H2,1-2H3,(H2,11,12).